The molecule has 2 saturated carbocycles. The average Bonchev–Trinajstić information content (AvgIpc) is 3.27. The Kier molecular flexibility index (Phi) is 3.17. The highest BCUT2D eigenvalue weighted by Gasteiger charge is 2.53. The van der Waals surface area contributed by atoms with Crippen LogP contribution < -0.4 is 5.32 Å². The normalized spacial score (nSPS) is 19.4. The van der Waals surface area contributed by atoms with Crippen molar-refractivity contribution in [3.05, 3.63) is 38.9 Å². The lowest BCUT2D eigenvalue weighted by Crippen LogP contribution is -2.31. The second-order valence-corrected chi connectivity index (χ2v) is 6.17. The molecule has 20 heavy (non-hydrogen) atoms. The molecule has 0 unspecified atom stereocenters. The molecule has 2 fully saturated rings. The van der Waals surface area contributed by atoms with Crippen LogP contribution in [0.4, 0.5) is 5.69 Å². The van der Waals surface area contributed by atoms with Crippen LogP contribution in [0.25, 0.3) is 0 Å². The van der Waals surface area contributed by atoms with Crippen LogP contribution in [-0.2, 0) is 0 Å². The molecule has 2 aliphatic rings. The second kappa shape index (κ2) is 4.74. The molecule has 0 aliphatic heterocycles. The van der Waals surface area contributed by atoms with E-state index in [4.69, 9.17) is 11.6 Å². The van der Waals surface area contributed by atoms with E-state index in [-0.39, 0.29) is 16.7 Å². The van der Waals surface area contributed by atoms with Crippen molar-refractivity contribution in [2.24, 2.45) is 11.3 Å². The molecule has 0 radical (unpaired) electrons. The average molecular weight is 295 g/mol. The Bertz CT molecular complexity index is 580. The number of hydrogen-bond acceptors (Lipinski definition) is 3. The third-order valence-electron chi connectivity index (χ3n) is 4.34. The topological polar surface area (TPSA) is 72.2 Å². The molecule has 2 aliphatic carbocycles. The summed E-state index contributed by atoms with van der Waals surface area (Å²) in [6, 6.07) is 4.04. The van der Waals surface area contributed by atoms with Gasteiger partial charge in [0, 0.05) is 17.6 Å². The van der Waals surface area contributed by atoms with Crippen molar-refractivity contribution in [3.8, 4) is 0 Å². The van der Waals surface area contributed by atoms with Gasteiger partial charge in [0.15, 0.2) is 0 Å². The summed E-state index contributed by atoms with van der Waals surface area (Å²) < 4.78 is 0. The highest BCUT2D eigenvalue weighted by molar-refractivity contribution is 6.31. The Morgan fingerprint density at radius 3 is 2.70 bits per heavy atom. The first kappa shape index (κ1) is 13.4. The summed E-state index contributed by atoms with van der Waals surface area (Å²) in [5.74, 6) is 0.322. The Hall–Kier alpha value is -1.62. The zero-order valence-corrected chi connectivity index (χ0v) is 11.7. The number of nitro groups is 1. The quantitative estimate of drug-likeness (QED) is 0.669. The maximum atomic E-state index is 12.2. The fourth-order valence-electron chi connectivity index (χ4n) is 2.79. The molecule has 1 aromatic carbocycles. The molecule has 106 valence electrons. The summed E-state index contributed by atoms with van der Waals surface area (Å²) in [6.07, 6.45) is 4.78. The van der Waals surface area contributed by atoms with Gasteiger partial charge >= 0.3 is 0 Å². The molecule has 0 aromatic heterocycles. The van der Waals surface area contributed by atoms with Crippen LogP contribution in [0.5, 0.6) is 0 Å². The lowest BCUT2D eigenvalue weighted by Gasteiger charge is -2.15. The van der Waals surface area contributed by atoms with E-state index < -0.39 is 10.8 Å². The van der Waals surface area contributed by atoms with Crippen LogP contribution in [0.3, 0.4) is 0 Å². The maximum absolute atomic E-state index is 12.2. The van der Waals surface area contributed by atoms with Crippen LogP contribution in [0, 0.1) is 21.4 Å². The molecular weight excluding hydrogens is 280 g/mol. The highest BCUT2D eigenvalue weighted by Crippen LogP contribution is 2.60. The lowest BCUT2D eigenvalue weighted by molar-refractivity contribution is -0.385. The third kappa shape index (κ3) is 2.50. The molecule has 0 saturated heterocycles. The summed E-state index contributed by atoms with van der Waals surface area (Å²) in [6.45, 7) is 0.611. The van der Waals surface area contributed by atoms with Crippen LogP contribution >= 0.6 is 11.6 Å². The van der Waals surface area contributed by atoms with E-state index in [2.05, 4.69) is 5.32 Å². The molecule has 1 N–H and O–H groups in total. The van der Waals surface area contributed by atoms with Gasteiger partial charge in [0.25, 0.3) is 11.6 Å². The maximum Gasteiger partial charge on any atom is 0.282 e. The molecule has 6 heteroatoms. The predicted molar refractivity (Wildman–Crippen MR) is 74.8 cm³/mol. The summed E-state index contributed by atoms with van der Waals surface area (Å²) >= 11 is 5.83. The Balaban J connectivity index is 1.73. The molecular formula is C14H15ClN2O3. The number of carbonyl (C=O) groups excluding carboxylic acids is 1. The molecule has 1 amide bonds. The van der Waals surface area contributed by atoms with Crippen molar-refractivity contribution in [1.29, 1.82) is 0 Å². The monoisotopic (exact) mass is 294 g/mol. The zero-order chi connectivity index (χ0) is 14.3. The van der Waals surface area contributed by atoms with Gasteiger partial charge in [-0.3, -0.25) is 14.9 Å². The summed E-state index contributed by atoms with van der Waals surface area (Å²) in [5.41, 5.74) is 0.0977. The Labute approximate surface area is 121 Å². The summed E-state index contributed by atoms with van der Waals surface area (Å²) in [7, 11) is 0. The number of halogens is 1. The van der Waals surface area contributed by atoms with Gasteiger partial charge < -0.3 is 5.32 Å². The number of hydrogen-bond donors (Lipinski definition) is 1. The molecule has 0 heterocycles. The Morgan fingerprint density at radius 1 is 1.45 bits per heavy atom. The Morgan fingerprint density at radius 2 is 2.15 bits per heavy atom. The van der Waals surface area contributed by atoms with Crippen molar-refractivity contribution in [2.75, 3.05) is 6.54 Å². The fourth-order valence-corrected chi connectivity index (χ4v) is 2.96. The van der Waals surface area contributed by atoms with Crippen molar-refractivity contribution < 1.29 is 9.72 Å². The standard InChI is InChI=1S/C14H15ClN2O3/c15-10-3-4-12(17(19)20)11(7-10)13(18)16-8-14(5-6-14)9-1-2-9/h3-4,7,9H,1-2,5-6,8H2,(H,16,18). The van der Waals surface area contributed by atoms with E-state index >= 15 is 0 Å². The summed E-state index contributed by atoms with van der Waals surface area (Å²) in [4.78, 5) is 22.6. The fraction of sp³-hybridized carbons (Fsp3) is 0.500. The largest absolute Gasteiger partial charge is 0.351 e. The van der Waals surface area contributed by atoms with Gasteiger partial charge in [-0.2, -0.15) is 0 Å². The number of nitrogens with one attached hydrogen (secondary N) is 1. The van der Waals surface area contributed by atoms with E-state index in [1.165, 1.54) is 31.0 Å². The van der Waals surface area contributed by atoms with Crippen LogP contribution in [0.15, 0.2) is 18.2 Å². The minimum Gasteiger partial charge on any atom is -0.351 e. The number of carbonyl (C=O) groups is 1. The molecule has 3 rings (SSSR count). The van der Waals surface area contributed by atoms with Crippen LogP contribution in [0.2, 0.25) is 5.02 Å². The smallest absolute Gasteiger partial charge is 0.282 e. The van der Waals surface area contributed by atoms with Gasteiger partial charge in [0.1, 0.15) is 5.56 Å². The first-order chi connectivity index (χ1) is 9.52. The van der Waals surface area contributed by atoms with Crippen LogP contribution in [-0.4, -0.2) is 17.4 Å². The number of nitrogens with zero attached hydrogens (tertiary/aromatic N) is 1. The van der Waals surface area contributed by atoms with E-state index in [1.807, 2.05) is 0 Å². The van der Waals surface area contributed by atoms with E-state index in [9.17, 15) is 14.9 Å². The van der Waals surface area contributed by atoms with Gasteiger partial charge in [0.2, 0.25) is 0 Å². The number of benzene rings is 1. The lowest BCUT2D eigenvalue weighted by atomic mass is 10.0. The van der Waals surface area contributed by atoms with Gasteiger partial charge in [-0.1, -0.05) is 11.6 Å². The van der Waals surface area contributed by atoms with Gasteiger partial charge in [-0.05, 0) is 49.1 Å². The van der Waals surface area contributed by atoms with E-state index in [0.717, 1.165) is 18.8 Å². The van der Waals surface area contributed by atoms with Crippen molar-refractivity contribution in [3.63, 3.8) is 0 Å². The molecule has 0 bridgehead atoms. The van der Waals surface area contributed by atoms with Crippen LogP contribution in [0.1, 0.15) is 36.0 Å². The highest BCUT2D eigenvalue weighted by atomic mass is 35.5. The number of nitro benzene ring substituents is 1. The third-order valence-corrected chi connectivity index (χ3v) is 4.57. The molecule has 0 atom stereocenters. The number of amides is 1. The first-order valence-electron chi connectivity index (χ1n) is 6.74. The van der Waals surface area contributed by atoms with Gasteiger partial charge in [-0.25, -0.2) is 0 Å². The predicted octanol–water partition coefficient (Wildman–Crippen LogP) is 3.17. The molecule has 1 aromatic rings. The first-order valence-corrected chi connectivity index (χ1v) is 7.12. The second-order valence-electron chi connectivity index (χ2n) is 5.74. The SMILES string of the molecule is O=C(NCC1(C2CC2)CC1)c1cc(Cl)ccc1[N+](=O)[O-]. The van der Waals surface area contributed by atoms with Gasteiger partial charge in [0.05, 0.1) is 4.92 Å². The minimum atomic E-state index is -0.557. The van der Waals surface area contributed by atoms with Gasteiger partial charge in [-0.15, -0.1) is 0 Å². The number of rotatable bonds is 5. The van der Waals surface area contributed by atoms with E-state index in [1.54, 1.807) is 0 Å². The van der Waals surface area contributed by atoms with Crippen molar-refractivity contribution >= 4 is 23.2 Å². The molecule has 5 nitrogen and oxygen atoms in total. The van der Waals surface area contributed by atoms with E-state index in [0.29, 0.717) is 11.6 Å². The van der Waals surface area contributed by atoms with Crippen molar-refractivity contribution in [2.45, 2.75) is 25.7 Å². The minimum absolute atomic E-state index is 0.0362. The van der Waals surface area contributed by atoms with Crippen molar-refractivity contribution in [1.82, 2.24) is 5.32 Å². The zero-order valence-electron chi connectivity index (χ0n) is 10.9. The summed E-state index contributed by atoms with van der Waals surface area (Å²) in [5, 5.41) is 14.1. The molecule has 0 spiro atoms.